The van der Waals surface area contributed by atoms with E-state index in [2.05, 4.69) is 31.4 Å². The Morgan fingerprint density at radius 3 is 2.37 bits per heavy atom. The number of anilines is 2. The van der Waals surface area contributed by atoms with Crippen molar-refractivity contribution in [2.45, 2.75) is 13.8 Å². The van der Waals surface area contributed by atoms with Gasteiger partial charge in [0, 0.05) is 4.47 Å². The molecule has 3 nitrogen and oxygen atoms in total. The third kappa shape index (κ3) is 2.97. The lowest BCUT2D eigenvalue weighted by Crippen LogP contribution is -2.02. The third-order valence-corrected chi connectivity index (χ3v) is 4.88. The number of nitrogens with one attached hydrogen (secondary N) is 1. The summed E-state index contributed by atoms with van der Waals surface area (Å²) >= 11 is 21.5. The Hall–Kier alpha value is -0.550. The fourth-order valence-electron chi connectivity index (χ4n) is 1.44. The molecule has 0 saturated heterocycles. The molecule has 1 aromatic heterocycles. The number of hydrogen-bond donors (Lipinski definition) is 1. The van der Waals surface area contributed by atoms with Crippen molar-refractivity contribution in [1.82, 2.24) is 10.2 Å². The highest BCUT2D eigenvalue weighted by Gasteiger charge is 2.12. The van der Waals surface area contributed by atoms with E-state index in [0.29, 0.717) is 26.7 Å². The topological polar surface area (TPSA) is 37.8 Å². The molecule has 0 aliphatic carbocycles. The largest absolute Gasteiger partial charge is 0.337 e. The lowest BCUT2D eigenvalue weighted by Gasteiger charge is -2.12. The van der Waals surface area contributed by atoms with Crippen LogP contribution in [0.5, 0.6) is 0 Å². The molecule has 7 heteroatoms. The zero-order valence-electron chi connectivity index (χ0n) is 10.1. The maximum Gasteiger partial charge on any atom is 0.156 e. The van der Waals surface area contributed by atoms with Crippen LogP contribution in [-0.4, -0.2) is 10.2 Å². The highest BCUT2D eigenvalue weighted by Crippen LogP contribution is 2.37. The molecule has 100 valence electrons. The van der Waals surface area contributed by atoms with Gasteiger partial charge in [-0.2, -0.15) is 0 Å². The van der Waals surface area contributed by atoms with Gasteiger partial charge in [0.1, 0.15) is 0 Å². The van der Waals surface area contributed by atoms with E-state index in [0.717, 1.165) is 15.6 Å². The van der Waals surface area contributed by atoms with Crippen LogP contribution in [0.4, 0.5) is 11.5 Å². The first-order valence-electron chi connectivity index (χ1n) is 5.31. The molecule has 0 aliphatic rings. The van der Waals surface area contributed by atoms with E-state index >= 15 is 0 Å². The van der Waals surface area contributed by atoms with E-state index in [-0.39, 0.29) is 0 Å². The van der Waals surface area contributed by atoms with Gasteiger partial charge in [0.2, 0.25) is 0 Å². The monoisotopic (exact) mass is 379 g/mol. The normalized spacial score (nSPS) is 10.6. The molecular formula is C12H9BrCl3N3. The van der Waals surface area contributed by atoms with Crippen LogP contribution >= 0.6 is 50.7 Å². The van der Waals surface area contributed by atoms with Crippen molar-refractivity contribution >= 4 is 62.2 Å². The summed E-state index contributed by atoms with van der Waals surface area (Å²) in [6.45, 7) is 3.79. The molecule has 0 atom stereocenters. The number of halogens is 4. The molecule has 19 heavy (non-hydrogen) atoms. The van der Waals surface area contributed by atoms with E-state index in [9.17, 15) is 0 Å². The summed E-state index contributed by atoms with van der Waals surface area (Å²) < 4.78 is 0.736. The zero-order chi connectivity index (χ0) is 14.2. The van der Waals surface area contributed by atoms with Gasteiger partial charge in [-0.1, -0.05) is 34.8 Å². The average molecular weight is 381 g/mol. The number of nitrogens with zero attached hydrogens (tertiary/aromatic N) is 2. The van der Waals surface area contributed by atoms with Crippen LogP contribution in [0.25, 0.3) is 0 Å². The fraction of sp³-hybridized carbons (Fsp3) is 0.167. The van der Waals surface area contributed by atoms with E-state index in [4.69, 9.17) is 34.8 Å². The molecule has 2 rings (SSSR count). The molecule has 0 radical (unpaired) electrons. The highest BCUT2D eigenvalue weighted by molar-refractivity contribution is 9.10. The van der Waals surface area contributed by atoms with Crippen molar-refractivity contribution in [3.8, 4) is 0 Å². The van der Waals surface area contributed by atoms with E-state index in [1.54, 1.807) is 0 Å². The highest BCUT2D eigenvalue weighted by atomic mass is 79.9. The van der Waals surface area contributed by atoms with Crippen molar-refractivity contribution < 1.29 is 0 Å². The minimum atomic E-state index is 0.392. The summed E-state index contributed by atoms with van der Waals surface area (Å²) in [5, 5.41) is 12.3. The number of rotatable bonds is 2. The first kappa shape index (κ1) is 14.9. The van der Waals surface area contributed by atoms with Gasteiger partial charge < -0.3 is 5.32 Å². The smallest absolute Gasteiger partial charge is 0.156 e. The van der Waals surface area contributed by atoms with Crippen LogP contribution in [0.15, 0.2) is 16.6 Å². The lowest BCUT2D eigenvalue weighted by atomic mass is 10.2. The molecule has 0 bridgehead atoms. The Morgan fingerprint density at radius 2 is 1.68 bits per heavy atom. The van der Waals surface area contributed by atoms with E-state index in [1.807, 2.05) is 26.0 Å². The van der Waals surface area contributed by atoms with Gasteiger partial charge in [0.05, 0.1) is 15.7 Å². The quantitative estimate of drug-likeness (QED) is 0.692. The number of aromatic nitrogens is 2. The standard InChI is InChI=1S/C12H9BrCl3N3/c1-5-6(2)12(19-18-11(5)16)17-8-4-3-7(13)9(14)10(8)15/h3-4H,1-2H3,(H,17,19). The molecule has 0 fully saturated rings. The van der Waals surface area contributed by atoms with Gasteiger partial charge in [0.15, 0.2) is 11.0 Å². The summed E-state index contributed by atoms with van der Waals surface area (Å²) in [5.74, 6) is 0.599. The van der Waals surface area contributed by atoms with Gasteiger partial charge in [0.25, 0.3) is 0 Å². The van der Waals surface area contributed by atoms with Gasteiger partial charge >= 0.3 is 0 Å². The zero-order valence-corrected chi connectivity index (χ0v) is 13.9. The molecule has 0 unspecified atom stereocenters. The van der Waals surface area contributed by atoms with Crippen LogP contribution in [-0.2, 0) is 0 Å². The van der Waals surface area contributed by atoms with Crippen molar-refractivity contribution in [3.63, 3.8) is 0 Å². The maximum absolute atomic E-state index is 6.17. The Morgan fingerprint density at radius 1 is 1.00 bits per heavy atom. The number of hydrogen-bond acceptors (Lipinski definition) is 3. The minimum Gasteiger partial charge on any atom is -0.337 e. The summed E-state index contributed by atoms with van der Waals surface area (Å²) in [6, 6.07) is 3.62. The summed E-state index contributed by atoms with van der Waals surface area (Å²) in [4.78, 5) is 0. The summed E-state index contributed by atoms with van der Waals surface area (Å²) in [6.07, 6.45) is 0. The predicted molar refractivity (Wildman–Crippen MR) is 84.0 cm³/mol. The Kier molecular flexibility index (Phi) is 4.56. The minimum absolute atomic E-state index is 0.392. The summed E-state index contributed by atoms with van der Waals surface area (Å²) in [7, 11) is 0. The first-order chi connectivity index (χ1) is 8.91. The van der Waals surface area contributed by atoms with Crippen molar-refractivity contribution in [2.24, 2.45) is 0 Å². The summed E-state index contributed by atoms with van der Waals surface area (Å²) in [5.41, 5.74) is 2.45. The molecule has 1 heterocycles. The van der Waals surface area contributed by atoms with Crippen LogP contribution in [0.2, 0.25) is 15.2 Å². The second kappa shape index (κ2) is 5.83. The van der Waals surface area contributed by atoms with Crippen molar-refractivity contribution in [3.05, 3.63) is 42.9 Å². The SMILES string of the molecule is Cc1c(Cl)nnc(Nc2ccc(Br)c(Cl)c2Cl)c1C. The second-order valence-electron chi connectivity index (χ2n) is 3.94. The predicted octanol–water partition coefficient (Wildman–Crippen LogP) is 5.56. The third-order valence-electron chi connectivity index (χ3n) is 2.75. The molecule has 1 N–H and O–H groups in total. The lowest BCUT2D eigenvalue weighted by molar-refractivity contribution is 1.00. The Labute approximate surface area is 134 Å². The number of benzene rings is 1. The average Bonchev–Trinajstić information content (AvgIpc) is 2.39. The van der Waals surface area contributed by atoms with Crippen LogP contribution < -0.4 is 5.32 Å². The van der Waals surface area contributed by atoms with E-state index in [1.165, 1.54) is 0 Å². The molecule has 1 aromatic carbocycles. The molecular weight excluding hydrogens is 372 g/mol. The molecule has 0 amide bonds. The maximum atomic E-state index is 6.17. The fourth-order valence-corrected chi connectivity index (χ4v) is 2.45. The van der Waals surface area contributed by atoms with Gasteiger partial charge in [-0.15, -0.1) is 10.2 Å². The molecule has 0 spiro atoms. The van der Waals surface area contributed by atoms with Crippen molar-refractivity contribution in [1.29, 1.82) is 0 Å². The second-order valence-corrected chi connectivity index (χ2v) is 5.91. The Balaban J connectivity index is 2.43. The van der Waals surface area contributed by atoms with Crippen LogP contribution in [0.1, 0.15) is 11.1 Å². The van der Waals surface area contributed by atoms with Crippen LogP contribution in [0, 0.1) is 13.8 Å². The van der Waals surface area contributed by atoms with Crippen LogP contribution in [0.3, 0.4) is 0 Å². The molecule has 2 aromatic rings. The Bertz CT molecular complexity index is 591. The van der Waals surface area contributed by atoms with Gasteiger partial charge in [-0.05, 0) is 53.0 Å². The molecule has 0 saturated carbocycles. The van der Waals surface area contributed by atoms with Crippen molar-refractivity contribution in [2.75, 3.05) is 5.32 Å². The van der Waals surface area contributed by atoms with E-state index < -0.39 is 0 Å². The first-order valence-corrected chi connectivity index (χ1v) is 7.24. The molecule has 0 aliphatic heterocycles. The van der Waals surface area contributed by atoms with Gasteiger partial charge in [-0.3, -0.25) is 0 Å². The van der Waals surface area contributed by atoms with Gasteiger partial charge in [-0.25, -0.2) is 0 Å².